The number of nitrogens with one attached hydrogen (secondary N) is 1. The first-order valence-electron chi connectivity index (χ1n) is 6.71. The molecule has 1 aromatic rings. The molecule has 18 heavy (non-hydrogen) atoms. The SMILES string of the molecule is CCC(CC)(CO)Nc1nc(C)cc(C(C)C)n1. The van der Waals surface area contributed by atoms with Gasteiger partial charge >= 0.3 is 0 Å². The van der Waals surface area contributed by atoms with Gasteiger partial charge in [-0.1, -0.05) is 27.7 Å². The molecule has 4 nitrogen and oxygen atoms in total. The van der Waals surface area contributed by atoms with Crippen LogP contribution in [0.25, 0.3) is 0 Å². The molecule has 0 saturated carbocycles. The molecule has 0 spiro atoms. The number of hydrogen-bond donors (Lipinski definition) is 2. The third-order valence-corrected chi connectivity index (χ3v) is 3.50. The van der Waals surface area contributed by atoms with E-state index in [9.17, 15) is 5.11 Å². The fourth-order valence-electron chi connectivity index (χ4n) is 1.87. The molecule has 102 valence electrons. The first-order chi connectivity index (χ1) is 8.46. The zero-order valence-corrected chi connectivity index (χ0v) is 12.1. The van der Waals surface area contributed by atoms with Crippen molar-refractivity contribution in [3.63, 3.8) is 0 Å². The zero-order chi connectivity index (χ0) is 13.8. The molecule has 0 amide bonds. The van der Waals surface area contributed by atoms with Gasteiger partial charge in [-0.25, -0.2) is 9.97 Å². The van der Waals surface area contributed by atoms with Gasteiger partial charge in [-0.2, -0.15) is 0 Å². The summed E-state index contributed by atoms with van der Waals surface area (Å²) in [4.78, 5) is 8.94. The predicted molar refractivity (Wildman–Crippen MR) is 74.9 cm³/mol. The molecule has 0 aliphatic carbocycles. The highest BCUT2D eigenvalue weighted by molar-refractivity contribution is 5.33. The van der Waals surface area contributed by atoms with Crippen molar-refractivity contribution in [2.45, 2.75) is 58.9 Å². The van der Waals surface area contributed by atoms with E-state index in [-0.39, 0.29) is 12.1 Å². The lowest BCUT2D eigenvalue weighted by molar-refractivity contribution is 0.201. The highest BCUT2D eigenvalue weighted by Gasteiger charge is 2.26. The Morgan fingerprint density at radius 3 is 2.33 bits per heavy atom. The van der Waals surface area contributed by atoms with Crippen molar-refractivity contribution in [3.8, 4) is 0 Å². The third-order valence-electron chi connectivity index (χ3n) is 3.50. The number of aromatic nitrogens is 2. The molecule has 1 heterocycles. The van der Waals surface area contributed by atoms with E-state index in [0.717, 1.165) is 24.2 Å². The summed E-state index contributed by atoms with van der Waals surface area (Å²) in [6.45, 7) is 10.4. The van der Waals surface area contributed by atoms with E-state index in [1.807, 2.05) is 13.0 Å². The highest BCUT2D eigenvalue weighted by atomic mass is 16.3. The molecule has 0 aliphatic heterocycles. The summed E-state index contributed by atoms with van der Waals surface area (Å²) in [6.07, 6.45) is 1.68. The Balaban J connectivity index is 3.03. The maximum absolute atomic E-state index is 9.57. The lowest BCUT2D eigenvalue weighted by atomic mass is 9.94. The van der Waals surface area contributed by atoms with Gasteiger partial charge in [-0.05, 0) is 31.7 Å². The van der Waals surface area contributed by atoms with E-state index in [0.29, 0.717) is 11.9 Å². The Bertz CT molecular complexity index is 378. The number of aliphatic hydroxyl groups is 1. The molecule has 0 bridgehead atoms. The van der Waals surface area contributed by atoms with Gasteiger partial charge in [0.2, 0.25) is 5.95 Å². The molecule has 1 aromatic heterocycles. The molecule has 0 aliphatic rings. The van der Waals surface area contributed by atoms with Crippen LogP contribution in [0.1, 0.15) is 57.8 Å². The van der Waals surface area contributed by atoms with Gasteiger partial charge in [0.05, 0.1) is 12.1 Å². The molecule has 4 heteroatoms. The number of aliphatic hydroxyl groups excluding tert-OH is 1. The van der Waals surface area contributed by atoms with Crippen LogP contribution in [0, 0.1) is 6.92 Å². The van der Waals surface area contributed by atoms with Gasteiger partial charge in [0.1, 0.15) is 0 Å². The number of aryl methyl sites for hydroxylation is 1. The average Bonchev–Trinajstić information content (AvgIpc) is 2.35. The number of nitrogens with zero attached hydrogens (tertiary/aromatic N) is 2. The van der Waals surface area contributed by atoms with E-state index in [1.54, 1.807) is 0 Å². The zero-order valence-electron chi connectivity index (χ0n) is 12.1. The van der Waals surface area contributed by atoms with Crippen molar-refractivity contribution in [3.05, 3.63) is 17.5 Å². The molecule has 0 unspecified atom stereocenters. The largest absolute Gasteiger partial charge is 0.394 e. The fraction of sp³-hybridized carbons (Fsp3) is 0.714. The minimum absolute atomic E-state index is 0.0916. The van der Waals surface area contributed by atoms with E-state index < -0.39 is 0 Å². The van der Waals surface area contributed by atoms with Crippen LogP contribution in [0.3, 0.4) is 0 Å². The van der Waals surface area contributed by atoms with Crippen LogP contribution >= 0.6 is 0 Å². The van der Waals surface area contributed by atoms with Crippen LogP contribution in [0.4, 0.5) is 5.95 Å². The molecule has 2 N–H and O–H groups in total. The summed E-state index contributed by atoms with van der Waals surface area (Å²) in [7, 11) is 0. The Morgan fingerprint density at radius 1 is 1.28 bits per heavy atom. The van der Waals surface area contributed by atoms with Crippen LogP contribution in [-0.2, 0) is 0 Å². The molecule has 0 aromatic carbocycles. The predicted octanol–water partition coefficient (Wildman–Crippen LogP) is 2.87. The topological polar surface area (TPSA) is 58.0 Å². The lowest BCUT2D eigenvalue weighted by Crippen LogP contribution is -2.41. The average molecular weight is 251 g/mol. The van der Waals surface area contributed by atoms with Gasteiger partial charge in [0.25, 0.3) is 0 Å². The van der Waals surface area contributed by atoms with Crippen LogP contribution in [0.15, 0.2) is 6.07 Å². The third kappa shape index (κ3) is 3.42. The Kier molecular flexibility index (Phi) is 5.08. The Morgan fingerprint density at radius 2 is 1.89 bits per heavy atom. The Hall–Kier alpha value is -1.16. The second-order valence-corrected chi connectivity index (χ2v) is 5.18. The van der Waals surface area contributed by atoms with E-state index in [4.69, 9.17) is 0 Å². The minimum Gasteiger partial charge on any atom is -0.394 e. The molecule has 0 radical (unpaired) electrons. The van der Waals surface area contributed by atoms with Crippen molar-refractivity contribution < 1.29 is 5.11 Å². The first kappa shape index (κ1) is 14.9. The summed E-state index contributed by atoms with van der Waals surface area (Å²) in [6, 6.07) is 2.01. The highest BCUT2D eigenvalue weighted by Crippen LogP contribution is 2.21. The van der Waals surface area contributed by atoms with Gasteiger partial charge in [-0.15, -0.1) is 0 Å². The fourth-order valence-corrected chi connectivity index (χ4v) is 1.87. The van der Waals surface area contributed by atoms with E-state index in [1.165, 1.54) is 0 Å². The van der Waals surface area contributed by atoms with Crippen molar-refractivity contribution in [2.75, 3.05) is 11.9 Å². The number of anilines is 1. The lowest BCUT2D eigenvalue weighted by Gasteiger charge is -2.31. The normalized spacial score (nSPS) is 11.9. The molecule has 0 saturated heterocycles. The van der Waals surface area contributed by atoms with E-state index in [2.05, 4.69) is 43.0 Å². The van der Waals surface area contributed by atoms with Crippen molar-refractivity contribution in [1.82, 2.24) is 9.97 Å². The number of hydrogen-bond acceptors (Lipinski definition) is 4. The van der Waals surface area contributed by atoms with Crippen LogP contribution in [0.5, 0.6) is 0 Å². The molecule has 0 fully saturated rings. The number of rotatable bonds is 6. The standard InChI is InChI=1S/C14H25N3O/c1-6-14(7-2,9-18)17-13-15-11(5)8-12(16-13)10(3)4/h8,10,18H,6-7,9H2,1-5H3,(H,15,16,17). The first-order valence-corrected chi connectivity index (χ1v) is 6.71. The molecule has 0 atom stereocenters. The maximum Gasteiger partial charge on any atom is 0.223 e. The summed E-state index contributed by atoms with van der Waals surface area (Å²) < 4.78 is 0. The van der Waals surface area contributed by atoms with Gasteiger partial charge in [0, 0.05) is 11.4 Å². The van der Waals surface area contributed by atoms with Crippen molar-refractivity contribution >= 4 is 5.95 Å². The molecular formula is C14H25N3O. The quantitative estimate of drug-likeness (QED) is 0.816. The van der Waals surface area contributed by atoms with Crippen LogP contribution < -0.4 is 5.32 Å². The second-order valence-electron chi connectivity index (χ2n) is 5.18. The second kappa shape index (κ2) is 6.14. The Labute approximate surface area is 110 Å². The van der Waals surface area contributed by atoms with Gasteiger partial charge < -0.3 is 10.4 Å². The molecule has 1 rings (SSSR count). The summed E-state index contributed by atoms with van der Waals surface area (Å²) >= 11 is 0. The summed E-state index contributed by atoms with van der Waals surface area (Å²) in [5, 5.41) is 12.9. The van der Waals surface area contributed by atoms with Crippen LogP contribution in [0.2, 0.25) is 0 Å². The smallest absolute Gasteiger partial charge is 0.223 e. The van der Waals surface area contributed by atoms with Crippen molar-refractivity contribution in [1.29, 1.82) is 0 Å². The van der Waals surface area contributed by atoms with Crippen LogP contribution in [-0.4, -0.2) is 27.2 Å². The molecular weight excluding hydrogens is 226 g/mol. The van der Waals surface area contributed by atoms with E-state index >= 15 is 0 Å². The van der Waals surface area contributed by atoms with Crippen molar-refractivity contribution in [2.24, 2.45) is 0 Å². The minimum atomic E-state index is -0.317. The van der Waals surface area contributed by atoms with Gasteiger partial charge in [0.15, 0.2) is 0 Å². The summed E-state index contributed by atoms with van der Waals surface area (Å²) in [5.41, 5.74) is 1.67. The maximum atomic E-state index is 9.57. The van der Waals surface area contributed by atoms with Gasteiger partial charge in [-0.3, -0.25) is 0 Å². The monoisotopic (exact) mass is 251 g/mol. The summed E-state index contributed by atoms with van der Waals surface area (Å²) in [5.74, 6) is 0.996.